The van der Waals surface area contributed by atoms with Gasteiger partial charge in [0, 0.05) is 19.3 Å². The molecular formula is C12H22N4O3S. The summed E-state index contributed by atoms with van der Waals surface area (Å²) in [5, 5.41) is 13.3. The van der Waals surface area contributed by atoms with E-state index in [-0.39, 0.29) is 23.9 Å². The van der Waals surface area contributed by atoms with Crippen LogP contribution in [0.15, 0.2) is 4.90 Å². The first-order valence-electron chi connectivity index (χ1n) is 6.76. The number of nitrogens with two attached hydrogens (primary N) is 1. The molecule has 2 rings (SSSR count). The molecular weight excluding hydrogens is 280 g/mol. The van der Waals surface area contributed by atoms with E-state index in [0.29, 0.717) is 11.7 Å². The number of nitrogen functional groups attached to an aromatic ring is 1. The molecule has 0 aliphatic carbocycles. The molecule has 0 atom stereocenters. The Bertz CT molecular complexity index is 574. The summed E-state index contributed by atoms with van der Waals surface area (Å²) >= 11 is 0. The molecule has 114 valence electrons. The summed E-state index contributed by atoms with van der Waals surface area (Å²) in [6, 6.07) is 0. The van der Waals surface area contributed by atoms with E-state index < -0.39 is 9.84 Å². The van der Waals surface area contributed by atoms with Gasteiger partial charge < -0.3 is 15.7 Å². The van der Waals surface area contributed by atoms with E-state index in [2.05, 4.69) is 12.0 Å². The molecule has 1 aromatic heterocycles. The second kappa shape index (κ2) is 5.61. The zero-order chi connectivity index (χ0) is 14.9. The SMILES string of the molecule is CC1CCN(c2nn(CCO)c(N)c2S(C)(=O)=O)CC1. The maximum Gasteiger partial charge on any atom is 0.182 e. The molecule has 0 radical (unpaired) electrons. The lowest BCUT2D eigenvalue weighted by atomic mass is 9.99. The molecule has 20 heavy (non-hydrogen) atoms. The Morgan fingerprint density at radius 3 is 2.50 bits per heavy atom. The second-order valence-electron chi connectivity index (χ2n) is 5.43. The quantitative estimate of drug-likeness (QED) is 0.818. The first-order chi connectivity index (χ1) is 9.34. The van der Waals surface area contributed by atoms with Crippen molar-refractivity contribution in [2.75, 3.05) is 36.6 Å². The lowest BCUT2D eigenvalue weighted by molar-refractivity contribution is 0.270. The summed E-state index contributed by atoms with van der Waals surface area (Å²) in [6.07, 6.45) is 3.16. The molecule has 1 aliphatic heterocycles. The Kier molecular flexibility index (Phi) is 4.24. The average Bonchev–Trinajstić information content (AvgIpc) is 2.68. The monoisotopic (exact) mass is 302 g/mol. The number of hydrogen-bond acceptors (Lipinski definition) is 6. The van der Waals surface area contributed by atoms with Crippen LogP contribution in [0.2, 0.25) is 0 Å². The maximum atomic E-state index is 12.0. The third kappa shape index (κ3) is 2.90. The van der Waals surface area contributed by atoms with Crippen molar-refractivity contribution in [3.8, 4) is 0 Å². The van der Waals surface area contributed by atoms with Crippen LogP contribution in [0, 0.1) is 5.92 Å². The lowest BCUT2D eigenvalue weighted by Gasteiger charge is -2.30. The Morgan fingerprint density at radius 1 is 1.40 bits per heavy atom. The van der Waals surface area contributed by atoms with Gasteiger partial charge in [0.05, 0.1) is 13.2 Å². The molecule has 0 bridgehead atoms. The van der Waals surface area contributed by atoms with Gasteiger partial charge in [0.15, 0.2) is 20.6 Å². The molecule has 0 unspecified atom stereocenters. The standard InChI is InChI=1S/C12H22N4O3S/c1-9-3-5-15(6-4-9)12-10(20(2,18)19)11(13)16(14-12)7-8-17/h9,17H,3-8,13H2,1-2H3. The van der Waals surface area contributed by atoms with Crippen molar-refractivity contribution in [2.24, 2.45) is 5.92 Å². The molecule has 1 fully saturated rings. The molecule has 2 heterocycles. The fraction of sp³-hybridized carbons (Fsp3) is 0.750. The Morgan fingerprint density at radius 2 is 2.00 bits per heavy atom. The third-order valence-corrected chi connectivity index (χ3v) is 4.83. The van der Waals surface area contributed by atoms with Gasteiger partial charge in [-0.1, -0.05) is 6.92 Å². The van der Waals surface area contributed by atoms with Gasteiger partial charge in [-0.15, -0.1) is 0 Å². The van der Waals surface area contributed by atoms with Gasteiger partial charge in [-0.2, -0.15) is 5.10 Å². The minimum atomic E-state index is -3.46. The van der Waals surface area contributed by atoms with E-state index in [9.17, 15) is 8.42 Å². The Hall–Kier alpha value is -1.28. The predicted octanol–water partition coefficient (Wildman–Crippen LogP) is 0.0974. The van der Waals surface area contributed by atoms with Crippen LogP contribution in [0.4, 0.5) is 11.6 Å². The van der Waals surface area contributed by atoms with Gasteiger partial charge in [-0.05, 0) is 18.8 Å². The molecule has 7 nitrogen and oxygen atoms in total. The highest BCUT2D eigenvalue weighted by Gasteiger charge is 2.29. The van der Waals surface area contributed by atoms with E-state index in [1.165, 1.54) is 4.68 Å². The van der Waals surface area contributed by atoms with Crippen LogP contribution in [0.3, 0.4) is 0 Å². The first kappa shape index (κ1) is 15.1. The molecule has 1 aliphatic rings. The summed E-state index contributed by atoms with van der Waals surface area (Å²) in [5.41, 5.74) is 5.89. The van der Waals surface area contributed by atoms with E-state index in [4.69, 9.17) is 10.8 Å². The largest absolute Gasteiger partial charge is 0.394 e. The van der Waals surface area contributed by atoms with Crippen LogP contribution in [0.25, 0.3) is 0 Å². The summed E-state index contributed by atoms with van der Waals surface area (Å²) < 4.78 is 25.3. The van der Waals surface area contributed by atoms with Gasteiger partial charge in [-0.25, -0.2) is 13.1 Å². The van der Waals surface area contributed by atoms with Crippen LogP contribution in [-0.4, -0.2) is 49.3 Å². The lowest BCUT2D eigenvalue weighted by Crippen LogP contribution is -2.34. The number of hydrogen-bond donors (Lipinski definition) is 2. The maximum absolute atomic E-state index is 12.0. The van der Waals surface area contributed by atoms with Crippen molar-refractivity contribution in [3.63, 3.8) is 0 Å². The highest BCUT2D eigenvalue weighted by Crippen LogP contribution is 2.32. The van der Waals surface area contributed by atoms with Crippen molar-refractivity contribution >= 4 is 21.5 Å². The molecule has 8 heteroatoms. The van der Waals surface area contributed by atoms with Gasteiger partial charge in [0.1, 0.15) is 5.82 Å². The Balaban J connectivity index is 2.43. The zero-order valence-corrected chi connectivity index (χ0v) is 12.7. The number of piperidine rings is 1. The molecule has 0 aromatic carbocycles. The number of sulfone groups is 1. The van der Waals surface area contributed by atoms with Crippen LogP contribution in [-0.2, 0) is 16.4 Å². The third-order valence-electron chi connectivity index (χ3n) is 3.70. The summed E-state index contributed by atoms with van der Waals surface area (Å²) in [5.74, 6) is 1.17. The number of aliphatic hydroxyl groups excluding tert-OH is 1. The minimum Gasteiger partial charge on any atom is -0.394 e. The van der Waals surface area contributed by atoms with Crippen LogP contribution >= 0.6 is 0 Å². The van der Waals surface area contributed by atoms with E-state index in [0.717, 1.165) is 32.2 Å². The van der Waals surface area contributed by atoms with Gasteiger partial charge in [0.25, 0.3) is 0 Å². The molecule has 1 saturated heterocycles. The van der Waals surface area contributed by atoms with Crippen molar-refractivity contribution in [2.45, 2.75) is 31.2 Å². The number of aliphatic hydroxyl groups is 1. The Labute approximate surface area is 119 Å². The number of aromatic nitrogens is 2. The zero-order valence-electron chi connectivity index (χ0n) is 11.9. The van der Waals surface area contributed by atoms with Gasteiger partial charge in [0.2, 0.25) is 0 Å². The highest BCUT2D eigenvalue weighted by molar-refractivity contribution is 7.91. The number of anilines is 2. The van der Waals surface area contributed by atoms with E-state index in [1.807, 2.05) is 4.90 Å². The fourth-order valence-corrected chi connectivity index (χ4v) is 3.48. The topological polar surface area (TPSA) is 101 Å². The molecule has 0 spiro atoms. The summed E-state index contributed by atoms with van der Waals surface area (Å²) in [6.45, 7) is 3.80. The van der Waals surface area contributed by atoms with Crippen LogP contribution < -0.4 is 10.6 Å². The van der Waals surface area contributed by atoms with Crippen molar-refractivity contribution in [1.82, 2.24) is 9.78 Å². The van der Waals surface area contributed by atoms with Crippen molar-refractivity contribution in [1.29, 1.82) is 0 Å². The molecule has 0 amide bonds. The predicted molar refractivity (Wildman–Crippen MR) is 77.4 cm³/mol. The first-order valence-corrected chi connectivity index (χ1v) is 8.66. The normalized spacial score (nSPS) is 17.6. The van der Waals surface area contributed by atoms with Crippen LogP contribution in [0.1, 0.15) is 19.8 Å². The second-order valence-corrected chi connectivity index (χ2v) is 7.38. The average molecular weight is 302 g/mol. The van der Waals surface area contributed by atoms with Crippen LogP contribution in [0.5, 0.6) is 0 Å². The van der Waals surface area contributed by atoms with Gasteiger partial charge in [-0.3, -0.25) is 0 Å². The molecule has 0 saturated carbocycles. The van der Waals surface area contributed by atoms with Crippen molar-refractivity contribution in [3.05, 3.63) is 0 Å². The smallest absolute Gasteiger partial charge is 0.182 e. The summed E-state index contributed by atoms with van der Waals surface area (Å²) in [7, 11) is -3.46. The van der Waals surface area contributed by atoms with Gasteiger partial charge >= 0.3 is 0 Å². The molecule has 3 N–H and O–H groups in total. The molecule has 1 aromatic rings. The highest BCUT2D eigenvalue weighted by atomic mass is 32.2. The van der Waals surface area contributed by atoms with E-state index >= 15 is 0 Å². The fourth-order valence-electron chi connectivity index (χ4n) is 2.49. The van der Waals surface area contributed by atoms with E-state index in [1.54, 1.807) is 0 Å². The summed E-state index contributed by atoms with van der Waals surface area (Å²) in [4.78, 5) is 2.06. The number of nitrogens with zero attached hydrogens (tertiary/aromatic N) is 3. The van der Waals surface area contributed by atoms with Crippen molar-refractivity contribution < 1.29 is 13.5 Å². The minimum absolute atomic E-state index is 0.0838. The number of rotatable bonds is 4.